The van der Waals surface area contributed by atoms with E-state index in [9.17, 15) is 55.5 Å². The van der Waals surface area contributed by atoms with E-state index < -0.39 is 70.5 Å². The summed E-state index contributed by atoms with van der Waals surface area (Å²) in [4.78, 5) is 88.8. The number of carbonyl (C=O) groups is 7. The van der Waals surface area contributed by atoms with E-state index in [0.717, 1.165) is 4.90 Å². The summed E-state index contributed by atoms with van der Waals surface area (Å²) in [6.45, 7) is 0.606. The number of rotatable bonds is 10. The minimum Gasteiger partial charge on any atom is -0.385 e. The van der Waals surface area contributed by atoms with Gasteiger partial charge in [0.1, 0.15) is 17.7 Å². The number of benzene rings is 4. The molecule has 5 N–H and O–H groups in total. The number of hydrogen-bond donors (Lipinski definition) is 5. The van der Waals surface area contributed by atoms with E-state index in [1.54, 1.807) is 6.07 Å². The fourth-order valence-corrected chi connectivity index (χ4v) is 6.57. The number of imide groups is 2. The number of hydrogen-bond acceptors (Lipinski definition) is 8. The smallest absolute Gasteiger partial charge is 0.385 e. The number of nitrogens with one attached hydrogen (secondary N) is 5. The van der Waals surface area contributed by atoms with Crippen LogP contribution in [0.2, 0.25) is 5.02 Å². The molecule has 4 aromatic rings. The quantitative estimate of drug-likeness (QED) is 0.0750. The molecule has 13 nitrogen and oxygen atoms in total. The van der Waals surface area contributed by atoms with Crippen molar-refractivity contribution in [3.05, 3.63) is 128 Å². The van der Waals surface area contributed by atoms with Crippen LogP contribution in [0.5, 0.6) is 0 Å². The van der Waals surface area contributed by atoms with E-state index in [1.165, 1.54) is 48.5 Å². The fraction of sp³-hybridized carbons (Fsp3) is 0.225. The van der Waals surface area contributed by atoms with Crippen molar-refractivity contribution in [1.29, 1.82) is 0 Å². The average Bonchev–Trinajstić information content (AvgIpc) is 3.68. The molecule has 1 saturated heterocycles. The van der Waals surface area contributed by atoms with Crippen LogP contribution in [-0.4, -0.2) is 65.4 Å². The molecule has 4 aromatic carbocycles. The lowest BCUT2D eigenvalue weighted by molar-refractivity contribution is -0.138. The van der Waals surface area contributed by atoms with Gasteiger partial charge in [-0.05, 0) is 92.1 Å². The molecule has 1 unspecified atom stereocenters. The molecule has 3 aliphatic heterocycles. The summed E-state index contributed by atoms with van der Waals surface area (Å²) in [5.41, 5.74) is -0.742. The Kier molecular flexibility index (Phi) is 12.4. The Morgan fingerprint density at radius 2 is 1.47 bits per heavy atom. The minimum absolute atomic E-state index is 0.00171. The Morgan fingerprint density at radius 1 is 0.780 bits per heavy atom. The van der Waals surface area contributed by atoms with E-state index in [-0.39, 0.29) is 65.8 Å². The normalized spacial score (nSPS) is 15.7. The summed E-state index contributed by atoms with van der Waals surface area (Å²) in [6, 6.07) is 13.2. The van der Waals surface area contributed by atoms with E-state index >= 15 is 0 Å². The van der Waals surface area contributed by atoms with Crippen LogP contribution in [-0.2, 0) is 22.3 Å². The maximum Gasteiger partial charge on any atom is 0.416 e. The number of halogens is 6. The molecule has 0 aliphatic carbocycles. The molecule has 3 aliphatic rings. The van der Waals surface area contributed by atoms with Gasteiger partial charge in [0.2, 0.25) is 11.8 Å². The van der Waals surface area contributed by atoms with Crippen molar-refractivity contribution in [3.63, 3.8) is 0 Å². The zero-order valence-corrected chi connectivity index (χ0v) is 31.3. The number of piperidine rings is 1. The van der Waals surface area contributed by atoms with Crippen LogP contribution in [0, 0.1) is 11.6 Å². The van der Waals surface area contributed by atoms with E-state index in [2.05, 4.69) is 26.6 Å². The molecule has 0 saturated carbocycles. The summed E-state index contributed by atoms with van der Waals surface area (Å²) in [6.07, 6.45) is -3.80. The molecule has 3 heterocycles. The lowest BCUT2D eigenvalue weighted by atomic mass is 10.0. The molecule has 0 aromatic heterocycles. The van der Waals surface area contributed by atoms with Gasteiger partial charge in [0.25, 0.3) is 29.5 Å². The molecule has 1 atom stereocenters. The Bertz CT molecular complexity index is 2370. The molecule has 0 bridgehead atoms. The number of fused-ring (bicyclic) bond motifs is 2. The van der Waals surface area contributed by atoms with E-state index in [1.807, 2.05) is 0 Å². The molecule has 59 heavy (non-hydrogen) atoms. The van der Waals surface area contributed by atoms with Crippen molar-refractivity contribution in [2.75, 3.05) is 23.7 Å². The fourth-order valence-electron chi connectivity index (χ4n) is 6.45. The van der Waals surface area contributed by atoms with Gasteiger partial charge < -0.3 is 21.3 Å². The third-order valence-corrected chi connectivity index (χ3v) is 9.63. The molecular formula is C40H32ClF5N6O7. The zero-order chi connectivity index (χ0) is 42.6. The van der Waals surface area contributed by atoms with Crippen LogP contribution in [0.1, 0.15) is 88.6 Å². The zero-order valence-electron chi connectivity index (χ0n) is 30.5. The van der Waals surface area contributed by atoms with E-state index in [0.29, 0.717) is 47.8 Å². The van der Waals surface area contributed by atoms with Crippen LogP contribution in [0.15, 0.2) is 72.8 Å². The number of anilines is 2. The molecule has 19 heteroatoms. The van der Waals surface area contributed by atoms with Crippen LogP contribution in [0.25, 0.3) is 0 Å². The second-order valence-electron chi connectivity index (χ2n) is 13.4. The Balaban J connectivity index is 0.000000654. The van der Waals surface area contributed by atoms with Crippen LogP contribution < -0.4 is 26.6 Å². The summed E-state index contributed by atoms with van der Waals surface area (Å²) in [7, 11) is 0. The van der Waals surface area contributed by atoms with Crippen molar-refractivity contribution in [3.8, 4) is 0 Å². The molecular weight excluding hydrogens is 807 g/mol. The number of amides is 7. The topological polar surface area (TPSA) is 183 Å². The third kappa shape index (κ3) is 9.72. The van der Waals surface area contributed by atoms with Gasteiger partial charge in [-0.3, -0.25) is 43.8 Å². The van der Waals surface area contributed by atoms with Gasteiger partial charge in [-0.1, -0.05) is 11.6 Å². The monoisotopic (exact) mass is 838 g/mol. The van der Waals surface area contributed by atoms with Crippen molar-refractivity contribution in [1.82, 2.24) is 20.9 Å². The largest absolute Gasteiger partial charge is 0.416 e. The van der Waals surface area contributed by atoms with Gasteiger partial charge in [-0.2, -0.15) is 13.2 Å². The molecule has 306 valence electrons. The summed E-state index contributed by atoms with van der Waals surface area (Å²) in [5, 5.41) is 13.5. The SMILES string of the molecule is Fc1ccc(Cl)cc1.O=C1CCC(N2C(=O)c3ccc(NCCCCNC(=O)c4cc(NC(=O)c5cc(F)cc(C(F)(F)F)c5)c5c(c4)C(=O)NC5)cc3C2=O)C(=O)N1. The lowest BCUT2D eigenvalue weighted by Crippen LogP contribution is -2.54. The molecule has 0 radical (unpaired) electrons. The maximum absolute atomic E-state index is 13.9. The number of nitrogens with zero attached hydrogens (tertiary/aromatic N) is 1. The highest BCUT2D eigenvalue weighted by molar-refractivity contribution is 6.30. The second kappa shape index (κ2) is 17.4. The first-order valence-corrected chi connectivity index (χ1v) is 18.3. The standard InChI is InChI=1S/C34H28F4N6O7.C6H4ClF/c35-19-10-16(9-18(13-19)34(36,37)38)29(47)42-25-12-17(11-22-24(25)15-41-30(22)48)28(46)40-8-2-1-7-39-20-3-4-21-23(14-20)33(51)44(32(21)50)26-5-6-27(45)43-31(26)49;7-5-1-3-6(8)4-2-5/h3-4,9-14,26,39H,1-2,5-8,15H2,(H,40,46)(H,41,48)(H,42,47)(H,43,45,49);1-4H. The first-order chi connectivity index (χ1) is 28.0. The highest BCUT2D eigenvalue weighted by Crippen LogP contribution is 2.32. The van der Waals surface area contributed by atoms with Crippen molar-refractivity contribution >= 4 is 64.3 Å². The number of alkyl halides is 3. The predicted molar refractivity (Wildman–Crippen MR) is 202 cm³/mol. The Morgan fingerprint density at radius 3 is 2.17 bits per heavy atom. The predicted octanol–water partition coefficient (Wildman–Crippen LogP) is 5.84. The first kappa shape index (κ1) is 41.9. The third-order valence-electron chi connectivity index (χ3n) is 9.38. The molecule has 7 rings (SSSR count). The Hall–Kier alpha value is -6.69. The maximum atomic E-state index is 13.9. The van der Waals surface area contributed by atoms with Crippen molar-refractivity contribution in [2.45, 2.75) is 44.4 Å². The summed E-state index contributed by atoms with van der Waals surface area (Å²) >= 11 is 5.44. The van der Waals surface area contributed by atoms with Gasteiger partial charge in [-0.25, -0.2) is 8.78 Å². The van der Waals surface area contributed by atoms with Gasteiger partial charge in [0.05, 0.1) is 16.7 Å². The van der Waals surface area contributed by atoms with Crippen LogP contribution >= 0.6 is 11.6 Å². The highest BCUT2D eigenvalue weighted by atomic mass is 35.5. The van der Waals surface area contributed by atoms with Gasteiger partial charge in [0.15, 0.2) is 0 Å². The lowest BCUT2D eigenvalue weighted by Gasteiger charge is -2.27. The van der Waals surface area contributed by atoms with Crippen LogP contribution in [0.3, 0.4) is 0 Å². The summed E-state index contributed by atoms with van der Waals surface area (Å²) < 4.78 is 65.5. The van der Waals surface area contributed by atoms with Gasteiger partial charge in [-0.15, -0.1) is 0 Å². The van der Waals surface area contributed by atoms with Crippen LogP contribution in [0.4, 0.5) is 33.3 Å². The number of unbranched alkanes of at least 4 members (excludes halogenated alkanes) is 1. The first-order valence-electron chi connectivity index (χ1n) is 17.9. The Labute approximate surface area is 336 Å². The summed E-state index contributed by atoms with van der Waals surface area (Å²) in [5.74, 6) is -6.12. The highest BCUT2D eigenvalue weighted by Gasteiger charge is 2.44. The van der Waals surface area contributed by atoms with Gasteiger partial charge >= 0.3 is 6.18 Å². The number of carbonyl (C=O) groups excluding carboxylic acids is 7. The average molecular weight is 839 g/mol. The molecule has 7 amide bonds. The van der Waals surface area contributed by atoms with E-state index in [4.69, 9.17) is 11.6 Å². The van der Waals surface area contributed by atoms with Gasteiger partial charge in [0, 0.05) is 64.7 Å². The molecule has 0 spiro atoms. The van der Waals surface area contributed by atoms with Crippen molar-refractivity contribution in [2.24, 2.45) is 0 Å². The second-order valence-corrected chi connectivity index (χ2v) is 13.9. The van der Waals surface area contributed by atoms with Crippen molar-refractivity contribution < 1.29 is 55.5 Å². The minimum atomic E-state index is -4.89. The molecule has 1 fully saturated rings.